The highest BCUT2D eigenvalue weighted by Gasteiger charge is 2.31. The number of aromatic amines is 1. The Hall–Kier alpha value is -3.02. The lowest BCUT2D eigenvalue weighted by atomic mass is 9.98. The quantitative estimate of drug-likeness (QED) is 0.285. The summed E-state index contributed by atoms with van der Waals surface area (Å²) in [7, 11) is 0. The summed E-state index contributed by atoms with van der Waals surface area (Å²) in [6, 6.07) is 7.05. The molecule has 1 aliphatic rings. The van der Waals surface area contributed by atoms with E-state index in [1.54, 1.807) is 4.90 Å². The number of hydrogen-bond acceptors (Lipinski definition) is 6. The number of benzene rings is 2. The van der Waals surface area contributed by atoms with Gasteiger partial charge in [-0.1, -0.05) is 11.6 Å². The highest BCUT2D eigenvalue weighted by atomic mass is 35.5. The van der Waals surface area contributed by atoms with Crippen LogP contribution in [0.5, 0.6) is 5.75 Å². The van der Waals surface area contributed by atoms with Gasteiger partial charge in [0.1, 0.15) is 11.5 Å². The summed E-state index contributed by atoms with van der Waals surface area (Å²) >= 11 is 7.04. The van der Waals surface area contributed by atoms with Crippen molar-refractivity contribution in [3.8, 4) is 16.9 Å². The number of aromatic hydroxyl groups is 1. The number of amides is 1. The van der Waals surface area contributed by atoms with Crippen LogP contribution in [-0.4, -0.2) is 70.6 Å². The number of ketones is 1. The first-order valence-electron chi connectivity index (χ1n) is 11.9. The summed E-state index contributed by atoms with van der Waals surface area (Å²) in [6.45, 7) is 3.46. The van der Waals surface area contributed by atoms with Crippen molar-refractivity contribution in [2.75, 3.05) is 38.5 Å². The number of halogens is 4. The smallest absolute Gasteiger partial charge is 0.416 e. The second-order valence-corrected chi connectivity index (χ2v) is 10.4. The Morgan fingerprint density at radius 1 is 1.13 bits per heavy atom. The molecule has 12 heteroatoms. The van der Waals surface area contributed by atoms with Gasteiger partial charge in [-0.15, -0.1) is 11.8 Å². The molecule has 3 aromatic rings. The second-order valence-electron chi connectivity index (χ2n) is 8.99. The number of Topliss-reactive ketones (excluding diaryl/α,β-unsaturated/α-hetero) is 1. The average Bonchev–Trinajstić information content (AvgIpc) is 2.88. The van der Waals surface area contributed by atoms with Crippen LogP contribution in [0.25, 0.3) is 22.0 Å². The highest BCUT2D eigenvalue weighted by Crippen LogP contribution is 2.42. The Morgan fingerprint density at radius 3 is 2.55 bits per heavy atom. The largest absolute Gasteiger partial charge is 0.507 e. The monoisotopic (exact) mass is 567 g/mol. The predicted molar refractivity (Wildman–Crippen MR) is 141 cm³/mol. The number of rotatable bonds is 9. The normalized spacial score (nSPS) is 14.7. The fourth-order valence-corrected chi connectivity index (χ4v) is 5.55. The van der Waals surface area contributed by atoms with Gasteiger partial charge in [0, 0.05) is 59.7 Å². The molecule has 0 saturated carbocycles. The van der Waals surface area contributed by atoms with Crippen LogP contribution in [0.3, 0.4) is 0 Å². The molecule has 1 saturated heterocycles. The average molecular weight is 568 g/mol. The first-order chi connectivity index (χ1) is 18.1. The van der Waals surface area contributed by atoms with Crippen molar-refractivity contribution in [1.82, 2.24) is 14.8 Å². The molecule has 1 fully saturated rings. The van der Waals surface area contributed by atoms with E-state index in [0.717, 1.165) is 43.4 Å². The molecule has 202 valence electrons. The van der Waals surface area contributed by atoms with Crippen molar-refractivity contribution < 1.29 is 27.9 Å². The number of phenols is 1. The molecule has 0 unspecified atom stereocenters. The van der Waals surface area contributed by atoms with Gasteiger partial charge in [-0.3, -0.25) is 19.3 Å². The fraction of sp³-hybridized carbons (Fsp3) is 0.346. The van der Waals surface area contributed by atoms with E-state index in [-0.39, 0.29) is 55.7 Å². The van der Waals surface area contributed by atoms with Gasteiger partial charge < -0.3 is 15.0 Å². The number of phenolic OH excluding ortho intramolecular Hbond substituents is 1. The number of nitrogens with zero attached hydrogens (tertiary/aromatic N) is 2. The SMILES string of the molecule is O=CN1CCN(CCCC(=O)CSc2c(-c3cc(Cl)ccc3O)c3cc(C(F)(F)F)ccc3[nH]c2=O)CC1. The Bertz CT molecular complexity index is 1400. The molecule has 38 heavy (non-hydrogen) atoms. The zero-order valence-corrected chi connectivity index (χ0v) is 21.8. The molecule has 7 nitrogen and oxygen atoms in total. The summed E-state index contributed by atoms with van der Waals surface area (Å²) in [5, 5.41) is 10.8. The minimum absolute atomic E-state index is 0.0210. The van der Waals surface area contributed by atoms with Gasteiger partial charge >= 0.3 is 6.18 Å². The van der Waals surface area contributed by atoms with Gasteiger partial charge in [0.15, 0.2) is 0 Å². The van der Waals surface area contributed by atoms with E-state index in [4.69, 9.17) is 11.6 Å². The van der Waals surface area contributed by atoms with E-state index < -0.39 is 17.3 Å². The van der Waals surface area contributed by atoms with Crippen LogP contribution in [0.15, 0.2) is 46.1 Å². The van der Waals surface area contributed by atoms with Gasteiger partial charge in [0.05, 0.1) is 16.2 Å². The van der Waals surface area contributed by atoms with Gasteiger partial charge in [-0.2, -0.15) is 13.2 Å². The van der Waals surface area contributed by atoms with Crippen molar-refractivity contribution in [2.45, 2.75) is 23.9 Å². The summed E-state index contributed by atoms with van der Waals surface area (Å²) in [4.78, 5) is 43.0. The van der Waals surface area contributed by atoms with Crippen LogP contribution >= 0.6 is 23.4 Å². The number of carbonyl (C=O) groups is 2. The summed E-state index contributed by atoms with van der Waals surface area (Å²) in [5.74, 6) is -0.450. The molecule has 1 aromatic heterocycles. The van der Waals surface area contributed by atoms with Crippen molar-refractivity contribution in [3.63, 3.8) is 0 Å². The maximum atomic E-state index is 13.5. The number of thioether (sulfide) groups is 1. The molecule has 1 amide bonds. The van der Waals surface area contributed by atoms with E-state index in [1.165, 1.54) is 24.3 Å². The Labute approximate surface area is 225 Å². The van der Waals surface area contributed by atoms with Crippen LogP contribution in [0.1, 0.15) is 18.4 Å². The Balaban J connectivity index is 1.58. The molecular formula is C26H25ClF3N3O4S. The van der Waals surface area contributed by atoms with Crippen molar-refractivity contribution in [1.29, 1.82) is 0 Å². The van der Waals surface area contributed by atoms with Crippen LogP contribution in [0.2, 0.25) is 5.02 Å². The molecule has 4 rings (SSSR count). The van der Waals surface area contributed by atoms with Crippen LogP contribution in [-0.2, 0) is 15.8 Å². The van der Waals surface area contributed by atoms with E-state index in [9.17, 15) is 32.7 Å². The van der Waals surface area contributed by atoms with Crippen molar-refractivity contribution >= 4 is 46.5 Å². The number of hydrogen-bond donors (Lipinski definition) is 2. The minimum atomic E-state index is -4.62. The van der Waals surface area contributed by atoms with Crippen LogP contribution < -0.4 is 5.56 Å². The third-order valence-corrected chi connectivity index (χ3v) is 7.77. The van der Waals surface area contributed by atoms with Crippen LogP contribution in [0.4, 0.5) is 13.2 Å². The lowest BCUT2D eigenvalue weighted by molar-refractivity contribution is -0.137. The summed E-state index contributed by atoms with van der Waals surface area (Å²) in [6.07, 6.45) is -2.93. The lowest BCUT2D eigenvalue weighted by Crippen LogP contribution is -2.45. The fourth-order valence-electron chi connectivity index (χ4n) is 4.38. The number of nitrogens with one attached hydrogen (secondary N) is 1. The van der Waals surface area contributed by atoms with Crippen molar-refractivity contribution in [3.05, 3.63) is 57.3 Å². The van der Waals surface area contributed by atoms with Gasteiger partial charge in [-0.25, -0.2) is 0 Å². The number of H-pyrrole nitrogens is 1. The molecule has 0 atom stereocenters. The third-order valence-electron chi connectivity index (χ3n) is 6.39. The van der Waals surface area contributed by atoms with E-state index in [2.05, 4.69) is 9.88 Å². The topological polar surface area (TPSA) is 93.7 Å². The lowest BCUT2D eigenvalue weighted by Gasteiger charge is -2.32. The van der Waals surface area contributed by atoms with E-state index >= 15 is 0 Å². The number of carbonyl (C=O) groups excluding carboxylic acids is 2. The minimum Gasteiger partial charge on any atom is -0.507 e. The van der Waals surface area contributed by atoms with Gasteiger partial charge in [0.2, 0.25) is 6.41 Å². The Kier molecular flexibility index (Phi) is 8.69. The molecule has 2 N–H and O–H groups in total. The molecule has 2 aromatic carbocycles. The first-order valence-corrected chi connectivity index (χ1v) is 13.3. The van der Waals surface area contributed by atoms with Gasteiger partial charge in [0.25, 0.3) is 5.56 Å². The molecule has 1 aliphatic heterocycles. The summed E-state index contributed by atoms with van der Waals surface area (Å²) in [5.41, 5.74) is -1.17. The Morgan fingerprint density at radius 2 is 1.87 bits per heavy atom. The van der Waals surface area contributed by atoms with Gasteiger partial charge in [-0.05, 0) is 49.4 Å². The maximum absolute atomic E-state index is 13.5. The highest BCUT2D eigenvalue weighted by molar-refractivity contribution is 8.00. The maximum Gasteiger partial charge on any atom is 0.416 e. The van der Waals surface area contributed by atoms with Crippen molar-refractivity contribution in [2.24, 2.45) is 0 Å². The zero-order chi connectivity index (χ0) is 27.4. The number of fused-ring (bicyclic) bond motifs is 1. The molecule has 0 radical (unpaired) electrons. The predicted octanol–water partition coefficient (Wildman–Crippen LogP) is 4.79. The number of aromatic nitrogens is 1. The number of alkyl halides is 3. The third kappa shape index (κ3) is 6.51. The molecule has 0 aliphatic carbocycles. The zero-order valence-electron chi connectivity index (χ0n) is 20.2. The molecule has 2 heterocycles. The van der Waals surface area contributed by atoms with Crippen LogP contribution in [0, 0.1) is 0 Å². The molecule has 0 bridgehead atoms. The second kappa shape index (κ2) is 11.8. The molecular weight excluding hydrogens is 543 g/mol. The molecule has 0 spiro atoms. The first kappa shape index (κ1) is 28.0. The number of pyridine rings is 1. The number of piperazine rings is 1. The standard InChI is InChI=1S/C26H25ClF3N3O4S/c27-17-4-6-22(36)20(13-17)23-19-12-16(26(28,29)30)3-5-21(19)31-25(37)24(23)38-14-18(35)2-1-7-32-8-10-33(15-34)11-9-32/h3-6,12-13,15,36H,1-2,7-11,14H2,(H,31,37). The van der Waals surface area contributed by atoms with E-state index in [0.29, 0.717) is 26.1 Å². The summed E-state index contributed by atoms with van der Waals surface area (Å²) < 4.78 is 40.5. The van der Waals surface area contributed by atoms with E-state index in [1.807, 2.05) is 0 Å².